The lowest BCUT2D eigenvalue weighted by molar-refractivity contribution is -0.130. The van der Waals surface area contributed by atoms with Gasteiger partial charge in [0.15, 0.2) is 0 Å². The third-order valence-electron chi connectivity index (χ3n) is 5.25. The summed E-state index contributed by atoms with van der Waals surface area (Å²) in [5.41, 5.74) is 0. The molecule has 2 aliphatic rings. The fourth-order valence-corrected chi connectivity index (χ4v) is 3.70. The molecular formula is C17H32N2O. The van der Waals surface area contributed by atoms with Gasteiger partial charge in [-0.25, -0.2) is 0 Å². The zero-order valence-corrected chi connectivity index (χ0v) is 13.5. The van der Waals surface area contributed by atoms with Crippen LogP contribution in [0.25, 0.3) is 0 Å². The van der Waals surface area contributed by atoms with Crippen molar-refractivity contribution in [2.75, 3.05) is 6.54 Å². The third-order valence-corrected chi connectivity index (χ3v) is 5.25. The summed E-state index contributed by atoms with van der Waals surface area (Å²) in [5.74, 6) is 2.11. The van der Waals surface area contributed by atoms with E-state index in [-0.39, 0.29) is 12.2 Å². The van der Waals surface area contributed by atoms with Crippen molar-refractivity contribution >= 4 is 5.91 Å². The van der Waals surface area contributed by atoms with Crippen LogP contribution in [0.4, 0.5) is 0 Å². The number of nitrogens with one attached hydrogen (secondary N) is 1. The van der Waals surface area contributed by atoms with Crippen LogP contribution in [-0.2, 0) is 4.79 Å². The maximum absolute atomic E-state index is 12.4. The van der Waals surface area contributed by atoms with Gasteiger partial charge in [-0.05, 0) is 31.6 Å². The molecule has 1 saturated carbocycles. The molecule has 0 aromatic carbocycles. The van der Waals surface area contributed by atoms with Crippen molar-refractivity contribution in [3.05, 3.63) is 0 Å². The summed E-state index contributed by atoms with van der Waals surface area (Å²) in [6.45, 7) is 7.64. The molecule has 0 radical (unpaired) electrons. The lowest BCUT2D eigenvalue weighted by Gasteiger charge is -2.29. The maximum atomic E-state index is 12.4. The maximum Gasteiger partial charge on any atom is 0.241 e. The normalized spacial score (nSPS) is 34.8. The van der Waals surface area contributed by atoms with E-state index in [1.807, 2.05) is 0 Å². The molecule has 1 aliphatic heterocycles. The largest absolute Gasteiger partial charge is 0.326 e. The van der Waals surface area contributed by atoms with Crippen LogP contribution in [0.1, 0.15) is 72.1 Å². The molecule has 0 spiro atoms. The molecule has 2 atom stereocenters. The minimum absolute atomic E-state index is 0.0799. The van der Waals surface area contributed by atoms with E-state index in [9.17, 15) is 4.79 Å². The first kappa shape index (κ1) is 15.8. The van der Waals surface area contributed by atoms with E-state index >= 15 is 0 Å². The first-order chi connectivity index (χ1) is 9.61. The summed E-state index contributed by atoms with van der Waals surface area (Å²) in [7, 11) is 0. The number of hydrogen-bond donors (Lipinski definition) is 1. The van der Waals surface area contributed by atoms with Gasteiger partial charge in [-0.15, -0.1) is 0 Å². The van der Waals surface area contributed by atoms with E-state index in [1.54, 1.807) is 0 Å². The summed E-state index contributed by atoms with van der Waals surface area (Å²) < 4.78 is 0. The van der Waals surface area contributed by atoms with Crippen molar-refractivity contribution in [2.24, 2.45) is 11.8 Å². The van der Waals surface area contributed by atoms with E-state index in [0.29, 0.717) is 5.91 Å². The van der Waals surface area contributed by atoms with Crippen LogP contribution in [-0.4, -0.2) is 29.6 Å². The minimum atomic E-state index is 0.0799. The number of carbonyl (C=O) groups is 1. The van der Waals surface area contributed by atoms with E-state index in [1.165, 1.54) is 38.5 Å². The van der Waals surface area contributed by atoms with Gasteiger partial charge in [-0.2, -0.15) is 0 Å². The molecule has 1 heterocycles. The number of rotatable bonds is 6. The van der Waals surface area contributed by atoms with Gasteiger partial charge < -0.3 is 4.90 Å². The Morgan fingerprint density at radius 2 is 1.85 bits per heavy atom. The molecular weight excluding hydrogens is 248 g/mol. The molecule has 1 amide bonds. The van der Waals surface area contributed by atoms with E-state index in [2.05, 4.69) is 31.0 Å². The Balaban J connectivity index is 1.76. The topological polar surface area (TPSA) is 32.3 Å². The molecule has 116 valence electrons. The molecule has 0 aromatic heterocycles. The average Bonchev–Trinajstić information content (AvgIpc) is 2.71. The second-order valence-corrected chi connectivity index (χ2v) is 6.98. The van der Waals surface area contributed by atoms with Gasteiger partial charge in [-0.3, -0.25) is 10.1 Å². The summed E-state index contributed by atoms with van der Waals surface area (Å²) in [4.78, 5) is 14.5. The Kier molecular flexibility index (Phi) is 5.88. The zero-order chi connectivity index (χ0) is 14.5. The monoisotopic (exact) mass is 280 g/mol. The molecule has 3 heteroatoms. The van der Waals surface area contributed by atoms with Crippen molar-refractivity contribution in [2.45, 2.75) is 84.3 Å². The predicted molar refractivity (Wildman–Crippen MR) is 83.4 cm³/mol. The molecule has 1 aliphatic carbocycles. The second-order valence-electron chi connectivity index (χ2n) is 6.98. The van der Waals surface area contributed by atoms with Crippen LogP contribution in [0.5, 0.6) is 0 Å². The highest BCUT2D eigenvalue weighted by Gasteiger charge is 2.35. The Bertz CT molecular complexity index is 310. The highest BCUT2D eigenvalue weighted by molar-refractivity contribution is 5.84. The van der Waals surface area contributed by atoms with Crippen LogP contribution >= 0.6 is 0 Å². The Morgan fingerprint density at radius 1 is 1.15 bits per heavy atom. The Morgan fingerprint density at radius 3 is 2.50 bits per heavy atom. The number of hydrogen-bond acceptors (Lipinski definition) is 2. The minimum Gasteiger partial charge on any atom is -0.326 e. The van der Waals surface area contributed by atoms with Crippen LogP contribution in [0.3, 0.4) is 0 Å². The highest BCUT2D eigenvalue weighted by Crippen LogP contribution is 2.31. The van der Waals surface area contributed by atoms with Gasteiger partial charge in [0.1, 0.15) is 0 Å². The molecule has 0 aromatic rings. The molecule has 2 fully saturated rings. The lowest BCUT2D eigenvalue weighted by Crippen LogP contribution is -2.36. The summed E-state index contributed by atoms with van der Waals surface area (Å²) in [6.07, 6.45) is 10.2. The van der Waals surface area contributed by atoms with Gasteiger partial charge in [-0.1, -0.05) is 52.4 Å². The van der Waals surface area contributed by atoms with Crippen molar-refractivity contribution in [1.29, 1.82) is 0 Å². The number of unbranched alkanes of at least 4 members (excludes halogenated alkanes) is 1. The van der Waals surface area contributed by atoms with Gasteiger partial charge in [0.05, 0.1) is 12.2 Å². The van der Waals surface area contributed by atoms with Gasteiger partial charge in [0, 0.05) is 6.54 Å². The molecule has 2 rings (SSSR count). The van der Waals surface area contributed by atoms with Gasteiger partial charge in [0.25, 0.3) is 0 Å². The Hall–Kier alpha value is -0.570. The van der Waals surface area contributed by atoms with Crippen molar-refractivity contribution in [1.82, 2.24) is 10.2 Å². The molecule has 2 unspecified atom stereocenters. The molecule has 20 heavy (non-hydrogen) atoms. The van der Waals surface area contributed by atoms with E-state index in [0.717, 1.165) is 31.2 Å². The molecule has 1 saturated heterocycles. The third kappa shape index (κ3) is 3.97. The predicted octanol–water partition coefficient (Wildman–Crippen LogP) is 3.54. The summed E-state index contributed by atoms with van der Waals surface area (Å²) in [6, 6.07) is 0.0799. The lowest BCUT2D eigenvalue weighted by atomic mass is 9.81. The summed E-state index contributed by atoms with van der Waals surface area (Å²) in [5, 5.41) is 3.46. The highest BCUT2D eigenvalue weighted by atomic mass is 16.2. The van der Waals surface area contributed by atoms with Crippen molar-refractivity contribution in [3.63, 3.8) is 0 Å². The van der Waals surface area contributed by atoms with E-state index in [4.69, 9.17) is 0 Å². The first-order valence-corrected chi connectivity index (χ1v) is 8.68. The Labute approximate surface area is 124 Å². The fourth-order valence-electron chi connectivity index (χ4n) is 3.70. The SMILES string of the molecule is CCCCC1NC(C)N(CCC2CCC(C)CC2)C1=O. The molecule has 0 bridgehead atoms. The summed E-state index contributed by atoms with van der Waals surface area (Å²) >= 11 is 0. The number of amides is 1. The number of carbonyl (C=O) groups excluding carboxylic acids is 1. The first-order valence-electron chi connectivity index (χ1n) is 8.68. The second kappa shape index (κ2) is 7.44. The fraction of sp³-hybridized carbons (Fsp3) is 0.941. The smallest absolute Gasteiger partial charge is 0.241 e. The standard InChI is InChI=1S/C17H32N2O/c1-4-5-6-16-17(20)19(14(3)18-16)12-11-15-9-7-13(2)8-10-15/h13-16,18H,4-12H2,1-3H3. The molecule has 3 nitrogen and oxygen atoms in total. The quantitative estimate of drug-likeness (QED) is 0.807. The van der Waals surface area contributed by atoms with Gasteiger partial charge in [0.2, 0.25) is 5.91 Å². The van der Waals surface area contributed by atoms with Crippen molar-refractivity contribution in [3.8, 4) is 0 Å². The van der Waals surface area contributed by atoms with Gasteiger partial charge >= 0.3 is 0 Å². The van der Waals surface area contributed by atoms with Crippen LogP contribution < -0.4 is 5.32 Å². The zero-order valence-electron chi connectivity index (χ0n) is 13.5. The van der Waals surface area contributed by atoms with Crippen LogP contribution in [0, 0.1) is 11.8 Å². The average molecular weight is 280 g/mol. The van der Waals surface area contributed by atoms with E-state index < -0.39 is 0 Å². The number of nitrogens with zero attached hydrogens (tertiary/aromatic N) is 1. The molecule has 1 N–H and O–H groups in total. The van der Waals surface area contributed by atoms with Crippen LogP contribution in [0.2, 0.25) is 0 Å². The van der Waals surface area contributed by atoms with Crippen LogP contribution in [0.15, 0.2) is 0 Å². The van der Waals surface area contributed by atoms with Crippen molar-refractivity contribution < 1.29 is 4.79 Å².